The average molecular weight is 515 g/mol. The summed E-state index contributed by atoms with van der Waals surface area (Å²) < 4.78 is 6.00. The van der Waals surface area contributed by atoms with Crippen LogP contribution < -0.4 is 10.2 Å². The highest BCUT2D eigenvalue weighted by molar-refractivity contribution is 9.10. The van der Waals surface area contributed by atoms with Gasteiger partial charge in [-0.15, -0.1) is 0 Å². The Hall–Kier alpha value is -2.98. The van der Waals surface area contributed by atoms with Gasteiger partial charge in [0.15, 0.2) is 10.9 Å². The fraction of sp³-hybridized carbons (Fsp3) is 0.273. The highest BCUT2D eigenvalue weighted by Crippen LogP contribution is 2.32. The summed E-state index contributed by atoms with van der Waals surface area (Å²) in [6.07, 6.45) is 2.27. The largest absolute Gasteiger partial charge is 0.459 e. The van der Waals surface area contributed by atoms with Crippen LogP contribution in [-0.2, 0) is 22.6 Å². The predicted octanol–water partition coefficient (Wildman–Crippen LogP) is 3.69. The molecule has 8 nitrogen and oxygen atoms in total. The van der Waals surface area contributed by atoms with E-state index in [-0.39, 0.29) is 35.8 Å². The van der Waals surface area contributed by atoms with Crippen molar-refractivity contribution in [3.05, 3.63) is 63.5 Å². The molecule has 4 heterocycles. The molecule has 164 valence electrons. The van der Waals surface area contributed by atoms with Gasteiger partial charge in [-0.05, 0) is 30.3 Å². The smallest absolute Gasteiger partial charge is 0.293 e. The zero-order valence-corrected chi connectivity index (χ0v) is 19.3. The number of furan rings is 1. The molecule has 0 bridgehead atoms. The highest BCUT2D eigenvalue weighted by atomic mass is 79.9. The molecule has 1 fully saturated rings. The van der Waals surface area contributed by atoms with Crippen LogP contribution in [0.1, 0.15) is 27.5 Å². The van der Waals surface area contributed by atoms with Crippen LogP contribution in [0.3, 0.4) is 0 Å². The van der Waals surface area contributed by atoms with Crippen molar-refractivity contribution in [1.82, 2.24) is 9.88 Å². The second kappa shape index (κ2) is 8.51. The summed E-state index contributed by atoms with van der Waals surface area (Å²) in [6, 6.07) is 10.8. The predicted molar refractivity (Wildman–Crippen MR) is 122 cm³/mol. The summed E-state index contributed by atoms with van der Waals surface area (Å²) in [5.41, 5.74) is 1.69. The number of hydrogen-bond donors (Lipinski definition) is 1. The Bertz CT molecular complexity index is 1190. The number of nitrogens with zero attached hydrogens (tertiary/aromatic N) is 3. The van der Waals surface area contributed by atoms with Gasteiger partial charge < -0.3 is 14.2 Å². The fourth-order valence-electron chi connectivity index (χ4n) is 4.03. The first kappa shape index (κ1) is 20.9. The number of fused-ring (bicyclic) bond motifs is 1. The maximum absolute atomic E-state index is 13.2. The molecular formula is C22H19BrN4O4S. The molecule has 2 aliphatic heterocycles. The Balaban J connectivity index is 1.25. The summed E-state index contributed by atoms with van der Waals surface area (Å²) >= 11 is 4.79. The minimum Gasteiger partial charge on any atom is -0.459 e. The van der Waals surface area contributed by atoms with Crippen molar-refractivity contribution in [1.29, 1.82) is 0 Å². The normalized spacial score (nSPS) is 18.0. The van der Waals surface area contributed by atoms with E-state index in [1.807, 2.05) is 24.3 Å². The number of carbonyl (C=O) groups is 3. The van der Waals surface area contributed by atoms with Crippen LogP contribution in [-0.4, -0.2) is 40.7 Å². The molecule has 0 radical (unpaired) electrons. The van der Waals surface area contributed by atoms with E-state index >= 15 is 0 Å². The maximum atomic E-state index is 13.2. The molecular weight excluding hydrogens is 496 g/mol. The van der Waals surface area contributed by atoms with Gasteiger partial charge in [-0.3, -0.25) is 19.7 Å². The monoisotopic (exact) mass is 514 g/mol. The number of rotatable bonds is 4. The summed E-state index contributed by atoms with van der Waals surface area (Å²) in [4.78, 5) is 46.9. The molecule has 2 aromatic heterocycles. The average Bonchev–Trinajstić information content (AvgIpc) is 3.52. The van der Waals surface area contributed by atoms with Crippen molar-refractivity contribution in [2.75, 3.05) is 23.3 Å². The number of amides is 3. The molecule has 0 saturated carbocycles. The molecule has 1 aromatic carbocycles. The molecule has 0 aliphatic carbocycles. The summed E-state index contributed by atoms with van der Waals surface area (Å²) in [5.74, 6) is -0.563. The van der Waals surface area contributed by atoms with Gasteiger partial charge in [0.05, 0.1) is 24.4 Å². The third kappa shape index (κ3) is 4.07. The molecule has 0 spiro atoms. The molecule has 3 aromatic rings. The first-order valence-corrected chi connectivity index (χ1v) is 11.8. The van der Waals surface area contributed by atoms with E-state index < -0.39 is 0 Å². The number of anilines is 2. The van der Waals surface area contributed by atoms with E-state index in [4.69, 9.17) is 4.42 Å². The number of thiazole rings is 1. The Kier molecular flexibility index (Phi) is 5.56. The Morgan fingerprint density at radius 3 is 2.91 bits per heavy atom. The fourth-order valence-corrected chi connectivity index (χ4v) is 5.43. The lowest BCUT2D eigenvalue weighted by molar-refractivity contribution is -0.136. The molecule has 1 saturated heterocycles. The number of hydrogen-bond acceptors (Lipinski definition) is 6. The number of halogens is 1. The van der Waals surface area contributed by atoms with Gasteiger partial charge in [-0.2, -0.15) is 0 Å². The van der Waals surface area contributed by atoms with Crippen LogP contribution >= 0.6 is 27.3 Å². The SMILES string of the molecule is O=C(Nc1nc2c(s1)CN(C(=O)C1CC(=O)N(c3cccc(Br)c3)C1)CC2)c1ccco1. The zero-order valence-electron chi connectivity index (χ0n) is 16.9. The minimum absolute atomic E-state index is 0.0175. The Labute approximate surface area is 196 Å². The molecule has 5 rings (SSSR count). The zero-order chi connectivity index (χ0) is 22.2. The van der Waals surface area contributed by atoms with E-state index in [2.05, 4.69) is 26.2 Å². The van der Waals surface area contributed by atoms with Crippen LogP contribution in [0.4, 0.5) is 10.8 Å². The van der Waals surface area contributed by atoms with E-state index in [1.54, 1.807) is 21.9 Å². The van der Waals surface area contributed by atoms with E-state index in [1.165, 1.54) is 17.6 Å². The molecule has 10 heteroatoms. The van der Waals surface area contributed by atoms with Crippen LogP contribution in [0.15, 0.2) is 51.6 Å². The molecule has 1 unspecified atom stereocenters. The van der Waals surface area contributed by atoms with Crippen molar-refractivity contribution in [2.45, 2.75) is 19.4 Å². The first-order chi connectivity index (χ1) is 15.5. The summed E-state index contributed by atoms with van der Waals surface area (Å²) in [5, 5.41) is 3.24. The van der Waals surface area contributed by atoms with E-state index in [0.717, 1.165) is 20.7 Å². The second-order valence-electron chi connectivity index (χ2n) is 7.72. The van der Waals surface area contributed by atoms with Crippen LogP contribution in [0.2, 0.25) is 0 Å². The third-order valence-corrected chi connectivity index (χ3v) is 7.09. The quantitative estimate of drug-likeness (QED) is 0.572. The van der Waals surface area contributed by atoms with Gasteiger partial charge in [-0.1, -0.05) is 33.3 Å². The summed E-state index contributed by atoms with van der Waals surface area (Å²) in [7, 11) is 0. The summed E-state index contributed by atoms with van der Waals surface area (Å²) in [6.45, 7) is 1.36. The maximum Gasteiger partial charge on any atom is 0.293 e. The van der Waals surface area contributed by atoms with Crippen molar-refractivity contribution in [3.63, 3.8) is 0 Å². The molecule has 1 N–H and O–H groups in total. The first-order valence-electron chi connectivity index (χ1n) is 10.2. The minimum atomic E-state index is -0.367. The van der Waals surface area contributed by atoms with E-state index in [9.17, 15) is 14.4 Å². The van der Waals surface area contributed by atoms with Crippen molar-refractivity contribution < 1.29 is 18.8 Å². The Morgan fingerprint density at radius 1 is 1.25 bits per heavy atom. The standard InChI is InChI=1S/C22H19BrN4O4S/c23-14-3-1-4-15(10-14)27-11-13(9-19(27)28)21(30)26-7-6-16-18(12-26)32-22(24-16)25-20(29)17-5-2-8-31-17/h1-5,8,10,13H,6-7,9,11-12H2,(H,24,25,29). The lowest BCUT2D eigenvalue weighted by Crippen LogP contribution is -2.40. The van der Waals surface area contributed by atoms with Gasteiger partial charge in [-0.25, -0.2) is 4.98 Å². The van der Waals surface area contributed by atoms with Crippen LogP contribution in [0.5, 0.6) is 0 Å². The number of carbonyl (C=O) groups excluding carboxylic acids is 3. The second-order valence-corrected chi connectivity index (χ2v) is 9.71. The van der Waals surface area contributed by atoms with Gasteiger partial charge in [0.1, 0.15) is 0 Å². The van der Waals surface area contributed by atoms with E-state index in [0.29, 0.717) is 31.2 Å². The molecule has 3 amide bonds. The Morgan fingerprint density at radius 2 is 2.12 bits per heavy atom. The van der Waals surface area contributed by atoms with Gasteiger partial charge in [0, 0.05) is 41.0 Å². The van der Waals surface area contributed by atoms with Crippen LogP contribution in [0.25, 0.3) is 0 Å². The van der Waals surface area contributed by atoms with Crippen molar-refractivity contribution in [3.8, 4) is 0 Å². The lowest BCUT2D eigenvalue weighted by atomic mass is 10.1. The van der Waals surface area contributed by atoms with Gasteiger partial charge >= 0.3 is 0 Å². The molecule has 2 aliphatic rings. The van der Waals surface area contributed by atoms with Crippen LogP contribution in [0, 0.1) is 5.92 Å². The molecule has 1 atom stereocenters. The van der Waals surface area contributed by atoms with Crippen molar-refractivity contribution >= 4 is 55.8 Å². The lowest BCUT2D eigenvalue weighted by Gasteiger charge is -2.28. The number of aromatic nitrogens is 1. The number of benzene rings is 1. The highest BCUT2D eigenvalue weighted by Gasteiger charge is 2.38. The van der Waals surface area contributed by atoms with Gasteiger partial charge in [0.2, 0.25) is 11.8 Å². The third-order valence-electron chi connectivity index (χ3n) is 5.60. The van der Waals surface area contributed by atoms with Gasteiger partial charge in [0.25, 0.3) is 5.91 Å². The molecule has 32 heavy (non-hydrogen) atoms. The topological polar surface area (TPSA) is 95.8 Å². The number of nitrogens with one attached hydrogen (secondary N) is 1. The van der Waals surface area contributed by atoms with Crippen molar-refractivity contribution in [2.24, 2.45) is 5.92 Å².